The van der Waals surface area contributed by atoms with E-state index in [9.17, 15) is 4.79 Å². The molecule has 0 saturated carbocycles. The molecule has 0 unspecified atom stereocenters. The minimum atomic E-state index is -1.69. The number of carbonyl (C=O) groups is 1. The van der Waals surface area contributed by atoms with Crippen LogP contribution in [-0.2, 0) is 4.74 Å². The van der Waals surface area contributed by atoms with Gasteiger partial charge >= 0.3 is 6.09 Å². The van der Waals surface area contributed by atoms with Crippen LogP contribution in [0.4, 0.5) is 10.7 Å². The molecule has 1 aromatic carbocycles. The van der Waals surface area contributed by atoms with Crippen molar-refractivity contribution in [3.63, 3.8) is 0 Å². The molecule has 8 heteroatoms. The van der Waals surface area contributed by atoms with Crippen LogP contribution >= 0.6 is 15.9 Å². The molecule has 0 spiro atoms. The van der Waals surface area contributed by atoms with Gasteiger partial charge in [-0.05, 0) is 45.0 Å². The molecule has 0 aliphatic carbocycles. The Morgan fingerprint density at radius 2 is 1.86 bits per heavy atom. The first kappa shape index (κ1) is 20.5. The van der Waals surface area contributed by atoms with E-state index in [2.05, 4.69) is 45.5 Å². The third-order valence-electron chi connectivity index (χ3n) is 4.14. The van der Waals surface area contributed by atoms with Gasteiger partial charge in [0.1, 0.15) is 13.7 Å². The molecular formula is C20H25BrN4O2Si. The molecule has 0 aliphatic rings. The quantitative estimate of drug-likeness (QED) is 0.556. The van der Waals surface area contributed by atoms with E-state index < -0.39 is 19.8 Å². The number of hydrogen-bond acceptors (Lipinski definition) is 5. The fourth-order valence-electron chi connectivity index (χ4n) is 2.86. The average Bonchev–Trinajstić information content (AvgIpc) is 2.90. The van der Waals surface area contributed by atoms with Crippen molar-refractivity contribution in [2.75, 3.05) is 5.73 Å². The molecule has 2 heterocycles. The summed E-state index contributed by atoms with van der Waals surface area (Å²) in [6.07, 6.45) is 1.33. The molecule has 0 amide bonds. The van der Waals surface area contributed by atoms with Crippen molar-refractivity contribution >= 4 is 52.3 Å². The summed E-state index contributed by atoms with van der Waals surface area (Å²) >= 11 is 3.52. The van der Waals surface area contributed by atoms with E-state index in [4.69, 9.17) is 10.5 Å². The normalized spacial score (nSPS) is 12.4. The lowest BCUT2D eigenvalue weighted by Gasteiger charge is -2.19. The standard InChI is InChI=1S/C20H25BrN4O2Si/c1-20(2,3)27-19(26)25-11-14(13-9-12(21)7-8-16(13)25)15-10-17(28(4,5)6)24-18(22)23-15/h7-11H,1-6H3,(H2,22,23,24). The molecular weight excluding hydrogens is 436 g/mol. The summed E-state index contributed by atoms with van der Waals surface area (Å²) in [6, 6.07) is 7.74. The highest BCUT2D eigenvalue weighted by atomic mass is 79.9. The van der Waals surface area contributed by atoms with Gasteiger partial charge in [-0.2, -0.15) is 0 Å². The van der Waals surface area contributed by atoms with Crippen LogP contribution in [-0.4, -0.2) is 34.3 Å². The highest BCUT2D eigenvalue weighted by molar-refractivity contribution is 9.10. The molecule has 0 aliphatic heterocycles. The molecule has 3 aromatic rings. The van der Waals surface area contributed by atoms with Crippen molar-refractivity contribution in [2.45, 2.75) is 46.0 Å². The first-order valence-corrected chi connectivity index (χ1v) is 13.3. The Kier molecular flexibility index (Phi) is 5.14. The van der Waals surface area contributed by atoms with Crippen molar-refractivity contribution in [3.05, 3.63) is 34.9 Å². The molecule has 0 saturated heterocycles. The monoisotopic (exact) mass is 460 g/mol. The number of fused-ring (bicyclic) bond motifs is 1. The zero-order valence-corrected chi connectivity index (χ0v) is 19.6. The third-order valence-corrected chi connectivity index (χ3v) is 6.43. The largest absolute Gasteiger partial charge is 0.443 e. The zero-order valence-electron chi connectivity index (χ0n) is 17.0. The maximum absolute atomic E-state index is 12.8. The Hall–Kier alpha value is -2.19. The topological polar surface area (TPSA) is 83.0 Å². The molecule has 148 valence electrons. The van der Waals surface area contributed by atoms with Gasteiger partial charge in [0.05, 0.1) is 11.2 Å². The fraction of sp³-hybridized carbons (Fsp3) is 0.350. The van der Waals surface area contributed by atoms with Gasteiger partial charge in [0, 0.05) is 26.9 Å². The SMILES string of the molecule is CC(C)(C)OC(=O)n1cc(-c2cc([Si](C)(C)C)nc(N)n2)c2cc(Br)ccc21. The lowest BCUT2D eigenvalue weighted by molar-refractivity contribution is 0.0544. The molecule has 6 nitrogen and oxygen atoms in total. The van der Waals surface area contributed by atoms with Crippen LogP contribution < -0.4 is 11.1 Å². The van der Waals surface area contributed by atoms with Crippen LogP contribution in [0.5, 0.6) is 0 Å². The number of nitrogen functional groups attached to an aromatic ring is 1. The molecule has 0 atom stereocenters. The molecule has 28 heavy (non-hydrogen) atoms. The van der Waals surface area contributed by atoms with E-state index >= 15 is 0 Å². The highest BCUT2D eigenvalue weighted by Crippen LogP contribution is 2.32. The number of ether oxygens (including phenoxy) is 1. The summed E-state index contributed by atoms with van der Waals surface area (Å²) in [7, 11) is -1.69. The Balaban J connectivity index is 2.24. The van der Waals surface area contributed by atoms with E-state index in [0.29, 0.717) is 5.69 Å². The molecule has 3 rings (SSSR count). The number of anilines is 1. The van der Waals surface area contributed by atoms with E-state index in [1.807, 2.05) is 45.0 Å². The number of nitrogens with zero attached hydrogens (tertiary/aromatic N) is 3. The Morgan fingerprint density at radius 1 is 1.18 bits per heavy atom. The van der Waals surface area contributed by atoms with E-state index in [1.54, 1.807) is 6.20 Å². The Morgan fingerprint density at radius 3 is 2.46 bits per heavy atom. The van der Waals surface area contributed by atoms with Gasteiger partial charge in [-0.25, -0.2) is 14.8 Å². The van der Waals surface area contributed by atoms with Crippen LogP contribution in [0, 0.1) is 0 Å². The smallest absolute Gasteiger partial charge is 0.419 e. The van der Waals surface area contributed by atoms with Crippen molar-refractivity contribution < 1.29 is 9.53 Å². The minimum Gasteiger partial charge on any atom is -0.443 e. The van der Waals surface area contributed by atoms with Gasteiger partial charge in [0.25, 0.3) is 0 Å². The minimum absolute atomic E-state index is 0.239. The van der Waals surface area contributed by atoms with Gasteiger partial charge in [0.15, 0.2) is 0 Å². The fourth-order valence-corrected chi connectivity index (χ4v) is 4.24. The maximum Gasteiger partial charge on any atom is 0.419 e. The van der Waals surface area contributed by atoms with Crippen molar-refractivity contribution in [1.82, 2.24) is 14.5 Å². The summed E-state index contributed by atoms with van der Waals surface area (Å²) in [6.45, 7) is 12.2. The van der Waals surface area contributed by atoms with Gasteiger partial charge in [-0.3, -0.25) is 4.57 Å². The second-order valence-electron chi connectivity index (χ2n) is 8.80. The highest BCUT2D eigenvalue weighted by Gasteiger charge is 2.24. The summed E-state index contributed by atoms with van der Waals surface area (Å²) in [4.78, 5) is 21.7. The number of benzene rings is 1. The predicted molar refractivity (Wildman–Crippen MR) is 120 cm³/mol. The number of halogens is 1. The number of hydrogen-bond donors (Lipinski definition) is 1. The first-order valence-electron chi connectivity index (χ1n) is 9.04. The van der Waals surface area contributed by atoms with Crippen LogP contribution in [0.25, 0.3) is 22.2 Å². The second kappa shape index (κ2) is 7.00. The molecule has 2 aromatic heterocycles. The number of rotatable bonds is 2. The van der Waals surface area contributed by atoms with Gasteiger partial charge in [-0.15, -0.1) is 0 Å². The molecule has 0 fully saturated rings. The lowest BCUT2D eigenvalue weighted by Crippen LogP contribution is -2.40. The third kappa shape index (κ3) is 4.28. The summed E-state index contributed by atoms with van der Waals surface area (Å²) < 4.78 is 8.01. The first-order chi connectivity index (χ1) is 12.8. The molecule has 0 bridgehead atoms. The van der Waals surface area contributed by atoms with E-state index in [0.717, 1.165) is 26.3 Å². The molecule has 2 N–H and O–H groups in total. The van der Waals surface area contributed by atoms with Crippen LogP contribution in [0.1, 0.15) is 20.8 Å². The number of aromatic nitrogens is 3. The van der Waals surface area contributed by atoms with Crippen LogP contribution in [0.15, 0.2) is 34.9 Å². The average molecular weight is 461 g/mol. The van der Waals surface area contributed by atoms with Crippen molar-refractivity contribution in [3.8, 4) is 11.3 Å². The van der Waals surface area contributed by atoms with Gasteiger partial charge in [0.2, 0.25) is 5.95 Å². The summed E-state index contributed by atoms with van der Waals surface area (Å²) in [5, 5.41) is 1.86. The van der Waals surface area contributed by atoms with Crippen LogP contribution in [0.2, 0.25) is 19.6 Å². The molecule has 0 radical (unpaired) electrons. The van der Waals surface area contributed by atoms with Crippen molar-refractivity contribution in [2.24, 2.45) is 0 Å². The van der Waals surface area contributed by atoms with E-state index in [1.165, 1.54) is 4.57 Å². The maximum atomic E-state index is 12.8. The summed E-state index contributed by atoms with van der Waals surface area (Å²) in [5.74, 6) is 0.239. The van der Waals surface area contributed by atoms with Gasteiger partial charge < -0.3 is 10.5 Å². The zero-order chi connectivity index (χ0) is 20.9. The Labute approximate surface area is 174 Å². The van der Waals surface area contributed by atoms with Crippen LogP contribution in [0.3, 0.4) is 0 Å². The van der Waals surface area contributed by atoms with E-state index in [-0.39, 0.29) is 5.95 Å². The lowest BCUT2D eigenvalue weighted by atomic mass is 10.1. The van der Waals surface area contributed by atoms with Crippen molar-refractivity contribution in [1.29, 1.82) is 0 Å². The number of nitrogens with two attached hydrogens (primary N) is 1. The number of carbonyl (C=O) groups excluding carboxylic acids is 1. The van der Waals surface area contributed by atoms with Gasteiger partial charge in [-0.1, -0.05) is 35.6 Å². The Bertz CT molecular complexity index is 1060. The summed E-state index contributed by atoms with van der Waals surface area (Å²) in [5.41, 5.74) is 7.69. The second-order valence-corrected chi connectivity index (χ2v) is 14.7. The predicted octanol–water partition coefficient (Wildman–Crippen LogP) is 4.77.